The summed E-state index contributed by atoms with van der Waals surface area (Å²) in [5, 5.41) is 0. The number of hydrogen-bond acceptors (Lipinski definition) is 3. The Hall–Kier alpha value is 0.347. The van der Waals surface area contributed by atoms with E-state index < -0.39 is 8.80 Å². The minimum Gasteiger partial charge on any atom is -1.00 e. The molecule has 33 heavy (non-hydrogen) atoms. The van der Waals surface area contributed by atoms with E-state index in [0.717, 1.165) is 12.5 Å². The lowest BCUT2D eigenvalue weighted by atomic mass is 10.0. The molecule has 0 spiro atoms. The lowest BCUT2D eigenvalue weighted by molar-refractivity contribution is -0.967. The van der Waals surface area contributed by atoms with Crippen LogP contribution in [0.2, 0.25) is 6.04 Å². The van der Waals surface area contributed by atoms with Crippen molar-refractivity contribution in [1.82, 2.24) is 0 Å². The quantitative estimate of drug-likeness (QED) is 0.110. The van der Waals surface area contributed by atoms with E-state index in [1.54, 1.807) is 0 Å². The van der Waals surface area contributed by atoms with E-state index in [9.17, 15) is 0 Å². The van der Waals surface area contributed by atoms with E-state index >= 15 is 0 Å². The van der Waals surface area contributed by atoms with Crippen LogP contribution in [0.4, 0.5) is 0 Å². The second kappa shape index (κ2) is 21.6. The van der Waals surface area contributed by atoms with Crippen molar-refractivity contribution in [2.45, 2.75) is 144 Å². The van der Waals surface area contributed by atoms with E-state index in [2.05, 4.69) is 34.6 Å². The summed E-state index contributed by atoms with van der Waals surface area (Å²) < 4.78 is 19.5. The molecule has 4 nitrogen and oxygen atoms in total. The average molecular weight is 510 g/mol. The summed E-state index contributed by atoms with van der Waals surface area (Å²) in [6.07, 6.45) is 15.1. The lowest BCUT2D eigenvalue weighted by Crippen LogP contribution is -3.00. The molecule has 0 aromatic heterocycles. The molecule has 0 heterocycles. The highest BCUT2D eigenvalue weighted by Gasteiger charge is 2.42. The first-order valence-corrected chi connectivity index (χ1v) is 16.1. The minimum atomic E-state index is -2.54. The van der Waals surface area contributed by atoms with Crippen molar-refractivity contribution < 1.29 is 30.2 Å². The van der Waals surface area contributed by atoms with Crippen LogP contribution in [0.5, 0.6) is 0 Å². The standard InChI is InChI=1S/C27H60NO3Si.ClH/c1-9-13-14-15-16-17-18-19-20-21-23-28(26(5)6,27(7)8)24-22-25-32(29-10-2,30-11-3)31-12-4;/h26-27H,9-25H2,1-8H3;1H/q+1;/p-1. The summed E-state index contributed by atoms with van der Waals surface area (Å²) in [6.45, 7) is 22.6. The summed E-state index contributed by atoms with van der Waals surface area (Å²) in [6, 6.07) is 2.20. The molecule has 0 atom stereocenters. The van der Waals surface area contributed by atoms with Crippen molar-refractivity contribution >= 4 is 8.80 Å². The van der Waals surface area contributed by atoms with Gasteiger partial charge < -0.3 is 30.2 Å². The zero-order valence-corrected chi connectivity index (χ0v) is 25.5. The van der Waals surface area contributed by atoms with Gasteiger partial charge in [0.1, 0.15) is 0 Å². The Balaban J connectivity index is 0. The Kier molecular flexibility index (Phi) is 23.3. The number of unbranched alkanes of at least 4 members (excludes halogenated alkanes) is 9. The van der Waals surface area contributed by atoms with Gasteiger partial charge in [0.05, 0.1) is 25.2 Å². The smallest absolute Gasteiger partial charge is 0.501 e. The fourth-order valence-electron chi connectivity index (χ4n) is 5.23. The van der Waals surface area contributed by atoms with Gasteiger partial charge in [-0.1, -0.05) is 58.3 Å². The summed E-state index contributed by atoms with van der Waals surface area (Å²) >= 11 is 0. The molecule has 0 aliphatic carbocycles. The zero-order valence-electron chi connectivity index (χ0n) is 23.7. The molecule has 0 saturated heterocycles. The molecule has 0 fully saturated rings. The predicted molar refractivity (Wildman–Crippen MR) is 142 cm³/mol. The van der Waals surface area contributed by atoms with Gasteiger partial charge >= 0.3 is 8.80 Å². The van der Waals surface area contributed by atoms with Crippen molar-refractivity contribution in [2.24, 2.45) is 0 Å². The van der Waals surface area contributed by atoms with Crippen molar-refractivity contribution in [1.29, 1.82) is 0 Å². The van der Waals surface area contributed by atoms with Crippen molar-refractivity contribution in [2.75, 3.05) is 32.9 Å². The van der Waals surface area contributed by atoms with E-state index in [1.807, 2.05) is 20.8 Å². The average Bonchev–Trinajstić information content (AvgIpc) is 2.74. The Labute approximate surface area is 215 Å². The van der Waals surface area contributed by atoms with Gasteiger partial charge in [0, 0.05) is 32.3 Å². The van der Waals surface area contributed by atoms with Crippen LogP contribution in [0.3, 0.4) is 0 Å². The summed E-state index contributed by atoms with van der Waals surface area (Å²) in [5.74, 6) is 0. The molecular weight excluding hydrogens is 450 g/mol. The molecule has 0 N–H and O–H groups in total. The van der Waals surface area contributed by atoms with Gasteiger partial charge in [-0.05, 0) is 61.3 Å². The molecule has 6 heteroatoms. The Morgan fingerprint density at radius 1 is 0.545 bits per heavy atom. The number of quaternary nitrogens is 1. The third-order valence-electron chi connectivity index (χ3n) is 7.14. The third-order valence-corrected chi connectivity index (χ3v) is 10.3. The van der Waals surface area contributed by atoms with Crippen molar-refractivity contribution in [3.05, 3.63) is 0 Å². The van der Waals surface area contributed by atoms with Crippen molar-refractivity contribution in [3.8, 4) is 0 Å². The monoisotopic (exact) mass is 509 g/mol. The maximum Gasteiger partial charge on any atom is 0.501 e. The molecule has 0 rings (SSSR count). The second-order valence-electron chi connectivity index (χ2n) is 10.0. The fraction of sp³-hybridized carbons (Fsp3) is 1.00. The molecule has 0 bridgehead atoms. The van der Waals surface area contributed by atoms with Gasteiger partial charge in [0.25, 0.3) is 0 Å². The molecule has 202 valence electrons. The number of hydrogen-bond donors (Lipinski definition) is 0. The second-order valence-corrected chi connectivity index (χ2v) is 12.7. The van der Waals surface area contributed by atoms with Crippen LogP contribution in [-0.2, 0) is 13.3 Å². The normalized spacial score (nSPS) is 12.5. The summed E-state index contributed by atoms with van der Waals surface area (Å²) in [4.78, 5) is 0. The Bertz CT molecular complexity index is 399. The van der Waals surface area contributed by atoms with Crippen LogP contribution in [0.15, 0.2) is 0 Å². The number of nitrogens with zero attached hydrogens (tertiary/aromatic N) is 1. The van der Waals surface area contributed by atoms with Gasteiger partial charge in [0.15, 0.2) is 0 Å². The van der Waals surface area contributed by atoms with Crippen LogP contribution in [0.25, 0.3) is 0 Å². The van der Waals surface area contributed by atoms with E-state index in [0.29, 0.717) is 31.9 Å². The summed E-state index contributed by atoms with van der Waals surface area (Å²) in [7, 11) is -2.54. The fourth-order valence-corrected chi connectivity index (χ4v) is 7.82. The highest BCUT2D eigenvalue weighted by Crippen LogP contribution is 2.26. The van der Waals surface area contributed by atoms with Crippen LogP contribution < -0.4 is 12.4 Å². The molecule has 0 amide bonds. The highest BCUT2D eigenvalue weighted by molar-refractivity contribution is 6.60. The largest absolute Gasteiger partial charge is 1.00 e. The van der Waals surface area contributed by atoms with Crippen LogP contribution in [-0.4, -0.2) is 58.3 Å². The Morgan fingerprint density at radius 2 is 0.909 bits per heavy atom. The molecule has 0 aromatic carbocycles. The van der Waals surface area contributed by atoms with Gasteiger partial charge in [-0.15, -0.1) is 0 Å². The Morgan fingerprint density at radius 3 is 1.27 bits per heavy atom. The van der Waals surface area contributed by atoms with Crippen LogP contribution in [0.1, 0.15) is 126 Å². The van der Waals surface area contributed by atoms with Gasteiger partial charge in [-0.25, -0.2) is 0 Å². The third kappa shape index (κ3) is 14.5. The topological polar surface area (TPSA) is 27.7 Å². The first-order chi connectivity index (χ1) is 15.3. The van der Waals surface area contributed by atoms with Gasteiger partial charge in [-0.3, -0.25) is 0 Å². The van der Waals surface area contributed by atoms with Crippen LogP contribution in [0, 0.1) is 0 Å². The first-order valence-electron chi connectivity index (χ1n) is 14.1. The number of halogens is 1. The van der Waals surface area contributed by atoms with E-state index in [1.165, 1.54) is 81.8 Å². The summed E-state index contributed by atoms with van der Waals surface area (Å²) in [5.41, 5.74) is 0. The van der Waals surface area contributed by atoms with Crippen LogP contribution >= 0.6 is 0 Å². The molecule has 0 radical (unpaired) electrons. The lowest BCUT2D eigenvalue weighted by Gasteiger charge is -2.46. The molecule has 0 aromatic rings. The molecule has 0 unspecified atom stereocenters. The predicted octanol–water partition coefficient (Wildman–Crippen LogP) is 4.98. The van der Waals surface area contributed by atoms with E-state index in [-0.39, 0.29) is 12.4 Å². The van der Waals surface area contributed by atoms with E-state index in [4.69, 9.17) is 13.3 Å². The minimum absolute atomic E-state index is 0. The zero-order chi connectivity index (χ0) is 24.3. The van der Waals surface area contributed by atoms with Crippen molar-refractivity contribution in [3.63, 3.8) is 0 Å². The SMILES string of the molecule is CCCCCCCCCCCC[N+](CCC[Si](OCC)(OCC)OCC)(C(C)C)C(C)C.[Cl-]. The first kappa shape index (κ1) is 35.5. The molecular formula is C27H60ClNO3Si. The molecule has 0 aliphatic rings. The number of rotatable bonds is 23. The highest BCUT2D eigenvalue weighted by atomic mass is 35.5. The maximum atomic E-state index is 6.10. The van der Waals surface area contributed by atoms with Gasteiger partial charge in [0.2, 0.25) is 0 Å². The molecule has 0 saturated carbocycles. The molecule has 0 aliphatic heterocycles. The van der Waals surface area contributed by atoms with Gasteiger partial charge in [-0.2, -0.15) is 0 Å². The maximum absolute atomic E-state index is 6.10.